The molecule has 68 valence electrons. The minimum Gasteiger partial charge on any atom is -0.491 e. The molecule has 2 radical (unpaired) electrons. The molecule has 0 fully saturated rings. The molecule has 0 saturated carbocycles. The topological polar surface area (TPSA) is 25.4 Å². The first-order chi connectivity index (χ1) is 6.18. The van der Waals surface area contributed by atoms with E-state index in [-0.39, 0.29) is 0 Å². The second-order valence-electron chi connectivity index (χ2n) is 3.11. The smallest absolute Gasteiger partial charge is 0.137 e. The van der Waals surface area contributed by atoms with E-state index in [1.54, 1.807) is 18.5 Å². The third kappa shape index (κ3) is 3.94. The number of rotatable bonds is 4. The number of likely N-dealkylation sites (N-methyl/N-ethyl adjacent to an activating group) is 1. The Morgan fingerprint density at radius 1 is 1.46 bits per heavy atom. The molecule has 0 aliphatic heterocycles. The summed E-state index contributed by atoms with van der Waals surface area (Å²) in [5.41, 5.74) is 0.627. The highest BCUT2D eigenvalue weighted by molar-refractivity contribution is 6.32. The summed E-state index contributed by atoms with van der Waals surface area (Å²) in [4.78, 5) is 5.97. The molecular formula is C9H13BN2O. The molecule has 13 heavy (non-hydrogen) atoms. The van der Waals surface area contributed by atoms with Gasteiger partial charge in [-0.3, -0.25) is 4.98 Å². The van der Waals surface area contributed by atoms with Crippen molar-refractivity contribution in [2.45, 2.75) is 0 Å². The SMILES string of the molecule is [B]c1cncc(OCCN(C)C)c1. The molecule has 4 heteroatoms. The van der Waals surface area contributed by atoms with E-state index in [1.165, 1.54) is 0 Å². The lowest BCUT2D eigenvalue weighted by molar-refractivity contribution is 0.261. The first-order valence-corrected chi connectivity index (χ1v) is 4.16. The zero-order chi connectivity index (χ0) is 9.68. The molecule has 0 aliphatic rings. The zero-order valence-corrected chi connectivity index (χ0v) is 8.03. The van der Waals surface area contributed by atoms with Gasteiger partial charge in [-0.25, -0.2) is 0 Å². The molecule has 0 aliphatic carbocycles. The maximum Gasteiger partial charge on any atom is 0.137 e. The summed E-state index contributed by atoms with van der Waals surface area (Å²) in [5.74, 6) is 0.724. The lowest BCUT2D eigenvalue weighted by Gasteiger charge is -2.10. The van der Waals surface area contributed by atoms with Crippen LogP contribution in [0.4, 0.5) is 0 Å². The maximum atomic E-state index is 5.54. The molecule has 1 aromatic rings. The van der Waals surface area contributed by atoms with Gasteiger partial charge in [-0.2, -0.15) is 0 Å². The third-order valence-electron chi connectivity index (χ3n) is 1.54. The van der Waals surface area contributed by atoms with Crippen molar-refractivity contribution in [2.75, 3.05) is 27.2 Å². The van der Waals surface area contributed by atoms with Crippen LogP contribution in [0.1, 0.15) is 0 Å². The van der Waals surface area contributed by atoms with Gasteiger partial charge in [-0.05, 0) is 20.2 Å². The van der Waals surface area contributed by atoms with E-state index in [2.05, 4.69) is 9.88 Å². The molecular weight excluding hydrogens is 163 g/mol. The number of nitrogens with zero attached hydrogens (tertiary/aromatic N) is 2. The molecule has 0 aromatic carbocycles. The van der Waals surface area contributed by atoms with Crippen molar-refractivity contribution < 1.29 is 4.74 Å². The van der Waals surface area contributed by atoms with Crippen LogP contribution in [0.2, 0.25) is 0 Å². The molecule has 1 rings (SSSR count). The minimum atomic E-state index is 0.627. The molecule has 0 N–H and O–H groups in total. The van der Waals surface area contributed by atoms with Crippen LogP contribution in [0.25, 0.3) is 0 Å². The molecule has 0 spiro atoms. The van der Waals surface area contributed by atoms with Crippen LogP contribution in [0, 0.1) is 0 Å². The Morgan fingerprint density at radius 2 is 2.23 bits per heavy atom. The van der Waals surface area contributed by atoms with Crippen LogP contribution in [0.15, 0.2) is 18.5 Å². The van der Waals surface area contributed by atoms with Gasteiger partial charge in [0.05, 0.1) is 6.20 Å². The van der Waals surface area contributed by atoms with E-state index in [0.29, 0.717) is 12.1 Å². The van der Waals surface area contributed by atoms with Gasteiger partial charge < -0.3 is 9.64 Å². The van der Waals surface area contributed by atoms with Gasteiger partial charge in [-0.15, -0.1) is 0 Å². The number of hydrogen-bond acceptors (Lipinski definition) is 3. The van der Waals surface area contributed by atoms with Crippen LogP contribution in [0.3, 0.4) is 0 Å². The van der Waals surface area contributed by atoms with E-state index < -0.39 is 0 Å². The monoisotopic (exact) mass is 176 g/mol. The largest absolute Gasteiger partial charge is 0.491 e. The number of aromatic nitrogens is 1. The Labute approximate surface area is 80.1 Å². The van der Waals surface area contributed by atoms with Gasteiger partial charge >= 0.3 is 0 Å². The number of hydrogen-bond donors (Lipinski definition) is 0. The summed E-state index contributed by atoms with van der Waals surface area (Å²) < 4.78 is 5.41. The Bertz CT molecular complexity index is 266. The Morgan fingerprint density at radius 3 is 2.85 bits per heavy atom. The average Bonchev–Trinajstić information content (AvgIpc) is 2.03. The van der Waals surface area contributed by atoms with Crippen LogP contribution >= 0.6 is 0 Å². The van der Waals surface area contributed by atoms with E-state index >= 15 is 0 Å². The predicted octanol–water partition coefficient (Wildman–Crippen LogP) is -0.184. The summed E-state index contributed by atoms with van der Waals surface area (Å²) in [5, 5.41) is 0. The normalized spacial score (nSPS) is 10.4. The van der Waals surface area contributed by atoms with Crippen molar-refractivity contribution in [2.24, 2.45) is 0 Å². The molecule has 0 atom stereocenters. The number of pyridine rings is 1. The summed E-state index contributed by atoms with van der Waals surface area (Å²) in [6.45, 7) is 1.53. The van der Waals surface area contributed by atoms with Crippen molar-refractivity contribution >= 4 is 13.3 Å². The van der Waals surface area contributed by atoms with E-state index in [4.69, 9.17) is 12.6 Å². The maximum absolute atomic E-state index is 5.54. The first-order valence-electron chi connectivity index (χ1n) is 4.16. The van der Waals surface area contributed by atoms with Gasteiger partial charge in [0.1, 0.15) is 20.2 Å². The Balaban J connectivity index is 2.37. The molecule has 1 heterocycles. The molecule has 3 nitrogen and oxygen atoms in total. The molecule has 0 saturated heterocycles. The second-order valence-corrected chi connectivity index (χ2v) is 3.11. The minimum absolute atomic E-state index is 0.627. The van der Waals surface area contributed by atoms with Gasteiger partial charge in [0.2, 0.25) is 0 Å². The molecule has 1 aromatic heterocycles. The molecule has 0 amide bonds. The van der Waals surface area contributed by atoms with Crippen molar-refractivity contribution in [3.05, 3.63) is 18.5 Å². The second kappa shape index (κ2) is 4.87. The van der Waals surface area contributed by atoms with Gasteiger partial charge in [-0.1, -0.05) is 5.46 Å². The Hall–Kier alpha value is -1.03. The highest BCUT2D eigenvalue weighted by Crippen LogP contribution is 2.03. The summed E-state index contributed by atoms with van der Waals surface area (Å²) in [6, 6.07) is 1.77. The van der Waals surface area contributed by atoms with E-state index in [1.807, 2.05) is 14.1 Å². The Kier molecular flexibility index (Phi) is 3.77. The molecule has 0 bridgehead atoms. The van der Waals surface area contributed by atoms with Gasteiger partial charge in [0.15, 0.2) is 0 Å². The fraction of sp³-hybridized carbons (Fsp3) is 0.444. The van der Waals surface area contributed by atoms with Crippen molar-refractivity contribution in [1.29, 1.82) is 0 Å². The molecule has 0 unspecified atom stereocenters. The van der Waals surface area contributed by atoms with Crippen molar-refractivity contribution in [3.63, 3.8) is 0 Å². The number of ether oxygens (including phenoxy) is 1. The fourth-order valence-electron chi connectivity index (χ4n) is 0.861. The predicted molar refractivity (Wildman–Crippen MR) is 53.7 cm³/mol. The van der Waals surface area contributed by atoms with E-state index in [9.17, 15) is 0 Å². The van der Waals surface area contributed by atoms with Crippen LogP contribution in [-0.2, 0) is 0 Å². The summed E-state index contributed by atoms with van der Waals surface area (Å²) in [6.07, 6.45) is 3.25. The lowest BCUT2D eigenvalue weighted by Crippen LogP contribution is -2.19. The first kappa shape index (κ1) is 10.1. The highest BCUT2D eigenvalue weighted by Gasteiger charge is 1.94. The third-order valence-corrected chi connectivity index (χ3v) is 1.54. The van der Waals surface area contributed by atoms with Gasteiger partial charge in [0.25, 0.3) is 0 Å². The zero-order valence-electron chi connectivity index (χ0n) is 8.03. The summed E-state index contributed by atoms with van der Waals surface area (Å²) >= 11 is 0. The van der Waals surface area contributed by atoms with Gasteiger partial charge in [0, 0.05) is 12.7 Å². The van der Waals surface area contributed by atoms with Crippen LogP contribution in [-0.4, -0.2) is 45.0 Å². The lowest BCUT2D eigenvalue weighted by atomic mass is 9.99. The quantitative estimate of drug-likeness (QED) is 0.595. The highest BCUT2D eigenvalue weighted by atomic mass is 16.5. The van der Waals surface area contributed by atoms with Crippen molar-refractivity contribution in [3.8, 4) is 5.75 Å². The standard InChI is InChI=1S/C9H13BN2O/c1-12(2)3-4-13-9-5-8(10)6-11-7-9/h5-7H,3-4H2,1-2H3. The van der Waals surface area contributed by atoms with E-state index in [0.717, 1.165) is 12.3 Å². The van der Waals surface area contributed by atoms with Crippen LogP contribution in [0.5, 0.6) is 5.75 Å². The average molecular weight is 176 g/mol. The van der Waals surface area contributed by atoms with Crippen molar-refractivity contribution in [1.82, 2.24) is 9.88 Å². The summed E-state index contributed by atoms with van der Waals surface area (Å²) in [7, 11) is 9.54. The van der Waals surface area contributed by atoms with Crippen LogP contribution < -0.4 is 10.2 Å². The fourth-order valence-corrected chi connectivity index (χ4v) is 0.861.